The standard InChI is InChI=1S/C23H27NO3/c1-4-21(23(2,3)26)24(17-11-16-19-12-7-5-8-13-19)22(25)27-18-20-14-9-6-10-15-20/h4-16,21,26H,1,17-18H2,2-3H3/b16-11+/t21-/m0/s1. The van der Waals surface area contributed by atoms with Crippen molar-refractivity contribution in [2.75, 3.05) is 6.54 Å². The summed E-state index contributed by atoms with van der Waals surface area (Å²) in [4.78, 5) is 14.2. The number of benzene rings is 2. The maximum Gasteiger partial charge on any atom is 0.410 e. The van der Waals surface area contributed by atoms with Crippen LogP contribution in [0.3, 0.4) is 0 Å². The predicted octanol–water partition coefficient (Wildman–Crippen LogP) is 4.66. The zero-order chi connectivity index (χ0) is 19.7. The summed E-state index contributed by atoms with van der Waals surface area (Å²) in [5.74, 6) is 0. The van der Waals surface area contributed by atoms with Crippen molar-refractivity contribution in [2.24, 2.45) is 0 Å². The molecule has 0 saturated heterocycles. The van der Waals surface area contributed by atoms with E-state index in [1.165, 1.54) is 4.90 Å². The van der Waals surface area contributed by atoms with E-state index in [4.69, 9.17) is 4.74 Å². The van der Waals surface area contributed by atoms with Gasteiger partial charge in [-0.1, -0.05) is 78.9 Å². The molecule has 0 heterocycles. The summed E-state index contributed by atoms with van der Waals surface area (Å²) in [7, 11) is 0. The van der Waals surface area contributed by atoms with Gasteiger partial charge in [0.05, 0.1) is 11.6 Å². The number of carbonyl (C=O) groups excluding carboxylic acids is 1. The first-order valence-corrected chi connectivity index (χ1v) is 8.95. The number of carbonyl (C=O) groups is 1. The minimum atomic E-state index is -1.14. The molecule has 4 heteroatoms. The molecule has 0 saturated carbocycles. The lowest BCUT2D eigenvalue weighted by molar-refractivity contribution is 0.000821. The van der Waals surface area contributed by atoms with Gasteiger partial charge in [0.2, 0.25) is 0 Å². The molecule has 0 spiro atoms. The van der Waals surface area contributed by atoms with Gasteiger partial charge in [0.25, 0.3) is 0 Å². The van der Waals surface area contributed by atoms with E-state index in [2.05, 4.69) is 6.58 Å². The molecule has 0 aromatic heterocycles. The van der Waals surface area contributed by atoms with Crippen LogP contribution in [-0.4, -0.2) is 34.3 Å². The SMILES string of the molecule is C=C[C@H](N(C/C=C/c1ccccc1)C(=O)OCc1ccccc1)C(C)(C)O. The average molecular weight is 365 g/mol. The maximum absolute atomic E-state index is 12.7. The van der Waals surface area contributed by atoms with Gasteiger partial charge in [-0.15, -0.1) is 6.58 Å². The third-order valence-corrected chi connectivity index (χ3v) is 4.13. The van der Waals surface area contributed by atoms with Crippen molar-refractivity contribution in [2.45, 2.75) is 32.1 Å². The molecule has 142 valence electrons. The lowest BCUT2D eigenvalue weighted by atomic mass is 9.97. The molecule has 0 unspecified atom stereocenters. The molecule has 1 amide bonds. The highest BCUT2D eigenvalue weighted by molar-refractivity contribution is 5.69. The first-order valence-electron chi connectivity index (χ1n) is 8.95. The summed E-state index contributed by atoms with van der Waals surface area (Å²) in [6, 6.07) is 18.7. The Bertz CT molecular complexity index is 748. The molecule has 0 bridgehead atoms. The summed E-state index contributed by atoms with van der Waals surface area (Å²) < 4.78 is 5.47. The number of ether oxygens (including phenoxy) is 1. The second kappa shape index (κ2) is 9.74. The fourth-order valence-electron chi connectivity index (χ4n) is 2.77. The number of nitrogens with zero attached hydrogens (tertiary/aromatic N) is 1. The van der Waals surface area contributed by atoms with Crippen molar-refractivity contribution in [3.8, 4) is 0 Å². The zero-order valence-electron chi connectivity index (χ0n) is 15.9. The lowest BCUT2D eigenvalue weighted by Gasteiger charge is -2.35. The van der Waals surface area contributed by atoms with E-state index in [1.54, 1.807) is 19.9 Å². The van der Waals surface area contributed by atoms with Crippen LogP contribution >= 0.6 is 0 Å². The van der Waals surface area contributed by atoms with Crippen molar-refractivity contribution in [3.05, 3.63) is 90.5 Å². The summed E-state index contributed by atoms with van der Waals surface area (Å²) >= 11 is 0. The van der Waals surface area contributed by atoms with Crippen LogP contribution in [0.5, 0.6) is 0 Å². The van der Waals surface area contributed by atoms with Crippen LogP contribution in [0.4, 0.5) is 4.79 Å². The molecule has 1 N–H and O–H groups in total. The van der Waals surface area contributed by atoms with Crippen LogP contribution < -0.4 is 0 Å². The maximum atomic E-state index is 12.7. The Hall–Kier alpha value is -2.85. The van der Waals surface area contributed by atoms with E-state index >= 15 is 0 Å². The molecule has 0 aliphatic carbocycles. The molecule has 27 heavy (non-hydrogen) atoms. The van der Waals surface area contributed by atoms with Gasteiger partial charge in [0, 0.05) is 6.54 Å². The molecule has 1 atom stereocenters. The first-order chi connectivity index (χ1) is 12.9. The Morgan fingerprint density at radius 3 is 2.30 bits per heavy atom. The highest BCUT2D eigenvalue weighted by Gasteiger charge is 2.33. The molecule has 0 fully saturated rings. The van der Waals surface area contributed by atoms with Gasteiger partial charge in [-0.2, -0.15) is 0 Å². The normalized spacial score (nSPS) is 12.6. The molecular weight excluding hydrogens is 338 g/mol. The topological polar surface area (TPSA) is 49.8 Å². The molecule has 2 aromatic carbocycles. The Balaban J connectivity index is 2.11. The third kappa shape index (κ3) is 6.42. The number of rotatable bonds is 8. The molecule has 2 rings (SSSR count). The Morgan fingerprint density at radius 1 is 1.15 bits per heavy atom. The van der Waals surface area contributed by atoms with E-state index in [9.17, 15) is 9.90 Å². The summed E-state index contributed by atoms with van der Waals surface area (Å²) in [5, 5.41) is 10.5. The van der Waals surface area contributed by atoms with Crippen molar-refractivity contribution in [3.63, 3.8) is 0 Å². The van der Waals surface area contributed by atoms with E-state index < -0.39 is 17.7 Å². The van der Waals surface area contributed by atoms with Crippen LogP contribution in [0.1, 0.15) is 25.0 Å². The molecule has 0 aliphatic rings. The van der Waals surface area contributed by atoms with Crippen molar-refractivity contribution < 1.29 is 14.6 Å². The zero-order valence-corrected chi connectivity index (χ0v) is 15.9. The van der Waals surface area contributed by atoms with Crippen LogP contribution in [0, 0.1) is 0 Å². The van der Waals surface area contributed by atoms with Crippen LogP contribution in [-0.2, 0) is 11.3 Å². The van der Waals surface area contributed by atoms with Gasteiger partial charge in [0.1, 0.15) is 6.61 Å². The van der Waals surface area contributed by atoms with Crippen molar-refractivity contribution >= 4 is 12.2 Å². The summed E-state index contributed by atoms with van der Waals surface area (Å²) in [6.07, 6.45) is 4.88. The monoisotopic (exact) mass is 365 g/mol. The molecule has 0 radical (unpaired) electrons. The Kier molecular flexibility index (Phi) is 7.38. The third-order valence-electron chi connectivity index (χ3n) is 4.13. The largest absolute Gasteiger partial charge is 0.445 e. The number of amides is 1. The van der Waals surface area contributed by atoms with Crippen molar-refractivity contribution in [1.29, 1.82) is 0 Å². The minimum absolute atomic E-state index is 0.175. The summed E-state index contributed by atoms with van der Waals surface area (Å²) in [5.41, 5.74) is 0.797. The van der Waals surface area contributed by atoms with Gasteiger partial charge >= 0.3 is 6.09 Å². The second-order valence-electron chi connectivity index (χ2n) is 6.84. The van der Waals surface area contributed by atoms with Crippen LogP contribution in [0.15, 0.2) is 79.4 Å². The van der Waals surface area contributed by atoms with E-state index in [-0.39, 0.29) is 6.61 Å². The predicted molar refractivity (Wildman–Crippen MR) is 109 cm³/mol. The number of aliphatic hydroxyl groups is 1. The van der Waals surface area contributed by atoms with Crippen LogP contribution in [0.25, 0.3) is 6.08 Å². The fraction of sp³-hybridized carbons (Fsp3) is 0.261. The van der Waals surface area contributed by atoms with Gasteiger partial charge in [-0.05, 0) is 25.0 Å². The van der Waals surface area contributed by atoms with E-state index in [1.807, 2.05) is 72.8 Å². The van der Waals surface area contributed by atoms with Gasteiger partial charge in [-0.25, -0.2) is 4.79 Å². The first kappa shape index (κ1) is 20.5. The smallest absolute Gasteiger partial charge is 0.410 e. The Morgan fingerprint density at radius 2 is 1.74 bits per heavy atom. The van der Waals surface area contributed by atoms with E-state index in [0.717, 1.165) is 11.1 Å². The van der Waals surface area contributed by atoms with Crippen molar-refractivity contribution in [1.82, 2.24) is 4.90 Å². The van der Waals surface area contributed by atoms with Gasteiger partial charge < -0.3 is 9.84 Å². The fourth-order valence-corrected chi connectivity index (χ4v) is 2.77. The molecular formula is C23H27NO3. The number of hydrogen-bond acceptors (Lipinski definition) is 3. The summed E-state index contributed by atoms with van der Waals surface area (Å²) in [6.45, 7) is 7.55. The van der Waals surface area contributed by atoms with Gasteiger partial charge in [-0.3, -0.25) is 4.90 Å². The molecule has 0 aliphatic heterocycles. The highest BCUT2D eigenvalue weighted by atomic mass is 16.6. The number of hydrogen-bond donors (Lipinski definition) is 1. The minimum Gasteiger partial charge on any atom is -0.445 e. The van der Waals surface area contributed by atoms with Crippen LogP contribution in [0.2, 0.25) is 0 Å². The highest BCUT2D eigenvalue weighted by Crippen LogP contribution is 2.19. The average Bonchev–Trinajstić information content (AvgIpc) is 2.66. The van der Waals surface area contributed by atoms with Gasteiger partial charge in [0.15, 0.2) is 0 Å². The molecule has 4 nitrogen and oxygen atoms in total. The quantitative estimate of drug-likeness (QED) is 0.692. The Labute approximate surface area is 161 Å². The molecule has 2 aromatic rings. The van der Waals surface area contributed by atoms with E-state index in [0.29, 0.717) is 6.54 Å². The lowest BCUT2D eigenvalue weighted by Crippen LogP contribution is -2.51. The second-order valence-corrected chi connectivity index (χ2v) is 6.84.